The number of phenols is 1. The molecule has 1 rings (SSSR count). The highest BCUT2D eigenvalue weighted by atomic mass is 16.6. The summed E-state index contributed by atoms with van der Waals surface area (Å²) in [6.45, 7) is 18.7. The Morgan fingerprint density at radius 1 is 1.03 bits per heavy atom. The van der Waals surface area contributed by atoms with Gasteiger partial charge in [0, 0.05) is 11.6 Å². The second-order valence-corrected chi connectivity index (χ2v) is 11.9. The Labute approximate surface area is 217 Å². The summed E-state index contributed by atoms with van der Waals surface area (Å²) in [4.78, 5) is 42.0. The van der Waals surface area contributed by atoms with Crippen molar-refractivity contribution < 1.29 is 24.2 Å². The second-order valence-electron chi connectivity index (χ2n) is 11.9. The van der Waals surface area contributed by atoms with E-state index in [1.54, 1.807) is 32.9 Å². The number of nitrogens with zero attached hydrogens (tertiary/aromatic N) is 1. The van der Waals surface area contributed by atoms with Crippen molar-refractivity contribution in [2.24, 2.45) is 5.92 Å². The second kappa shape index (κ2) is 13.0. The molecule has 3 amide bonds. The molecule has 8 heteroatoms. The number of hydrogen-bond donors (Lipinski definition) is 3. The molecule has 3 N–H and O–H groups in total. The van der Waals surface area contributed by atoms with Gasteiger partial charge >= 0.3 is 6.09 Å². The molecule has 0 bridgehead atoms. The van der Waals surface area contributed by atoms with E-state index in [4.69, 9.17) is 4.74 Å². The molecule has 1 aromatic carbocycles. The number of alkyl carbamates (subject to hydrolysis) is 1. The Hall–Kier alpha value is -2.77. The lowest BCUT2D eigenvalue weighted by Crippen LogP contribution is -2.59. The molecule has 0 aliphatic heterocycles. The van der Waals surface area contributed by atoms with Gasteiger partial charge in [0.15, 0.2) is 0 Å². The molecule has 0 aliphatic carbocycles. The van der Waals surface area contributed by atoms with E-state index in [0.29, 0.717) is 12.0 Å². The minimum Gasteiger partial charge on any atom is -0.508 e. The molecule has 3 atom stereocenters. The fraction of sp³-hybridized carbons (Fsp3) is 0.679. The van der Waals surface area contributed by atoms with Crippen LogP contribution in [0.25, 0.3) is 0 Å². The number of hydrogen-bond acceptors (Lipinski definition) is 5. The third-order valence-corrected chi connectivity index (χ3v) is 5.46. The van der Waals surface area contributed by atoms with Gasteiger partial charge in [-0.15, -0.1) is 0 Å². The molecule has 0 saturated carbocycles. The van der Waals surface area contributed by atoms with Crippen molar-refractivity contribution in [3.8, 4) is 5.75 Å². The first-order valence-electron chi connectivity index (χ1n) is 12.9. The average Bonchev–Trinajstić information content (AvgIpc) is 2.68. The topological polar surface area (TPSA) is 108 Å². The van der Waals surface area contributed by atoms with Gasteiger partial charge < -0.3 is 25.4 Å². The van der Waals surface area contributed by atoms with Crippen LogP contribution in [-0.2, 0) is 14.3 Å². The first-order valence-corrected chi connectivity index (χ1v) is 12.9. The molecule has 0 aliphatic rings. The number of amides is 3. The van der Waals surface area contributed by atoms with Crippen LogP contribution in [0.15, 0.2) is 24.3 Å². The summed E-state index contributed by atoms with van der Waals surface area (Å²) in [5.74, 6) is -0.647. The molecule has 0 fully saturated rings. The molecule has 3 unspecified atom stereocenters. The largest absolute Gasteiger partial charge is 0.508 e. The summed E-state index contributed by atoms with van der Waals surface area (Å²) in [6, 6.07) is 4.38. The molecule has 8 nitrogen and oxygen atoms in total. The lowest BCUT2D eigenvalue weighted by molar-refractivity contribution is -0.149. The normalized spacial score (nSPS) is 14.5. The molecule has 0 radical (unpaired) electrons. The van der Waals surface area contributed by atoms with Gasteiger partial charge in [0.1, 0.15) is 23.4 Å². The summed E-state index contributed by atoms with van der Waals surface area (Å²) in [7, 11) is 0. The van der Waals surface area contributed by atoms with Crippen LogP contribution < -0.4 is 10.6 Å². The van der Waals surface area contributed by atoms with Crippen molar-refractivity contribution in [2.75, 3.05) is 0 Å². The highest BCUT2D eigenvalue weighted by Gasteiger charge is 2.42. The molecule has 1 aromatic rings. The maximum atomic E-state index is 14.2. The van der Waals surface area contributed by atoms with Gasteiger partial charge in [-0.3, -0.25) is 9.59 Å². The van der Waals surface area contributed by atoms with Crippen LogP contribution in [0.2, 0.25) is 0 Å². The Balaban J connectivity index is 3.56. The van der Waals surface area contributed by atoms with Crippen LogP contribution >= 0.6 is 0 Å². The van der Waals surface area contributed by atoms with Gasteiger partial charge in [-0.25, -0.2) is 4.79 Å². The Morgan fingerprint density at radius 2 is 1.64 bits per heavy atom. The van der Waals surface area contributed by atoms with Crippen LogP contribution in [0.1, 0.15) is 100 Å². The van der Waals surface area contributed by atoms with Gasteiger partial charge in [0.25, 0.3) is 0 Å². The van der Waals surface area contributed by atoms with Crippen LogP contribution in [-0.4, -0.2) is 51.1 Å². The van der Waals surface area contributed by atoms with E-state index in [2.05, 4.69) is 10.6 Å². The minimum atomic E-state index is -1.01. The van der Waals surface area contributed by atoms with E-state index >= 15 is 0 Å². The summed E-state index contributed by atoms with van der Waals surface area (Å²) in [5, 5.41) is 16.0. The molecule has 36 heavy (non-hydrogen) atoms. The average molecular weight is 506 g/mol. The molecule has 0 saturated heterocycles. The number of aromatic hydroxyl groups is 1. The highest BCUT2D eigenvalue weighted by molar-refractivity contribution is 5.92. The fourth-order valence-corrected chi connectivity index (χ4v) is 4.10. The molecular formula is C28H47N3O5. The third-order valence-electron chi connectivity index (χ3n) is 5.46. The fourth-order valence-electron chi connectivity index (χ4n) is 4.10. The van der Waals surface area contributed by atoms with E-state index < -0.39 is 35.2 Å². The predicted octanol–water partition coefficient (Wildman–Crippen LogP) is 5.30. The number of benzene rings is 1. The number of nitrogens with one attached hydrogen (secondary N) is 2. The van der Waals surface area contributed by atoms with Crippen LogP contribution in [0, 0.1) is 5.92 Å². The lowest BCUT2D eigenvalue weighted by atomic mass is 9.93. The molecule has 0 heterocycles. The smallest absolute Gasteiger partial charge is 0.408 e. The van der Waals surface area contributed by atoms with Crippen LogP contribution in [0.5, 0.6) is 5.75 Å². The van der Waals surface area contributed by atoms with Crippen molar-refractivity contribution in [1.29, 1.82) is 0 Å². The minimum absolute atomic E-state index is 0.00109. The van der Waals surface area contributed by atoms with Crippen LogP contribution in [0.4, 0.5) is 4.79 Å². The van der Waals surface area contributed by atoms with E-state index in [9.17, 15) is 19.5 Å². The first-order chi connectivity index (χ1) is 16.5. The van der Waals surface area contributed by atoms with E-state index in [0.717, 1.165) is 12.8 Å². The van der Waals surface area contributed by atoms with Gasteiger partial charge in [0.2, 0.25) is 11.8 Å². The summed E-state index contributed by atoms with van der Waals surface area (Å²) < 4.78 is 5.42. The number of phenolic OH excluding ortho intramolecular Hbond substituents is 1. The lowest BCUT2D eigenvalue weighted by Gasteiger charge is -2.43. The monoisotopic (exact) mass is 505 g/mol. The van der Waals surface area contributed by atoms with Gasteiger partial charge in [0.05, 0.1) is 0 Å². The zero-order valence-electron chi connectivity index (χ0n) is 23.8. The summed E-state index contributed by atoms with van der Waals surface area (Å²) >= 11 is 0. The Kier molecular flexibility index (Phi) is 11.3. The van der Waals surface area contributed by atoms with E-state index in [1.807, 2.05) is 48.5 Å². The number of rotatable bonds is 10. The Bertz CT molecular complexity index is 886. The molecule has 204 valence electrons. The van der Waals surface area contributed by atoms with Crippen molar-refractivity contribution in [3.05, 3.63) is 29.8 Å². The van der Waals surface area contributed by atoms with Crippen molar-refractivity contribution >= 4 is 17.9 Å². The third kappa shape index (κ3) is 10.1. The maximum Gasteiger partial charge on any atom is 0.408 e. The number of carbonyl (C=O) groups excluding carboxylic acids is 3. The molecule has 0 spiro atoms. The molecular weight excluding hydrogens is 458 g/mol. The van der Waals surface area contributed by atoms with E-state index in [-0.39, 0.29) is 23.6 Å². The number of ether oxygens (including phenoxy) is 1. The van der Waals surface area contributed by atoms with E-state index in [1.165, 1.54) is 17.0 Å². The van der Waals surface area contributed by atoms with Crippen molar-refractivity contribution in [2.45, 2.75) is 118 Å². The van der Waals surface area contributed by atoms with Crippen LogP contribution in [0.3, 0.4) is 0 Å². The summed E-state index contributed by atoms with van der Waals surface area (Å²) in [5.41, 5.74) is -1.03. The quantitative estimate of drug-likeness (QED) is 0.400. The zero-order chi connectivity index (χ0) is 27.8. The van der Waals surface area contributed by atoms with Crippen molar-refractivity contribution in [3.63, 3.8) is 0 Å². The Morgan fingerprint density at radius 3 is 2.11 bits per heavy atom. The number of carbonyl (C=O) groups is 3. The SMILES string of the molecule is CCCC(C)NC(=O)C(c1cccc(O)c1)N(C(=O)C(CC(C)C)NC(=O)OC(C)(C)C)C(C)(C)C. The van der Waals surface area contributed by atoms with Gasteiger partial charge in [-0.05, 0) is 84.9 Å². The zero-order valence-corrected chi connectivity index (χ0v) is 23.8. The molecule has 0 aromatic heterocycles. The van der Waals surface area contributed by atoms with Gasteiger partial charge in [-0.1, -0.05) is 39.3 Å². The predicted molar refractivity (Wildman–Crippen MR) is 143 cm³/mol. The maximum absolute atomic E-state index is 14.2. The summed E-state index contributed by atoms with van der Waals surface area (Å²) in [6.07, 6.45) is 1.37. The first kappa shape index (κ1) is 31.3. The highest BCUT2D eigenvalue weighted by Crippen LogP contribution is 2.32. The van der Waals surface area contributed by atoms with Gasteiger partial charge in [-0.2, -0.15) is 0 Å². The standard InChI is InChI=1S/C28H47N3O5/c1-11-13-19(4)29-24(33)23(20-14-12-15-21(32)17-20)31(27(5,6)7)25(34)22(16-18(2)3)30-26(35)36-28(8,9)10/h12,14-15,17-19,22-23,32H,11,13,16H2,1-10H3,(H,29,33)(H,30,35). The van der Waals surface area contributed by atoms with Crippen molar-refractivity contribution in [1.82, 2.24) is 15.5 Å².